The molecule has 1 aliphatic carbocycles. The largest absolute Gasteiger partial charge is 0.459 e. The van der Waals surface area contributed by atoms with Gasteiger partial charge in [0.05, 0.1) is 11.7 Å². The number of nitrogens with zero attached hydrogens (tertiary/aromatic N) is 2. The molecule has 30 heavy (non-hydrogen) atoms. The minimum Gasteiger partial charge on any atom is -0.459 e. The van der Waals surface area contributed by atoms with E-state index in [9.17, 15) is 0 Å². The van der Waals surface area contributed by atoms with E-state index >= 15 is 0 Å². The zero-order valence-electron chi connectivity index (χ0n) is 16.8. The van der Waals surface area contributed by atoms with Gasteiger partial charge in [-0.1, -0.05) is 42.6 Å². The molecule has 4 nitrogen and oxygen atoms in total. The van der Waals surface area contributed by atoms with Gasteiger partial charge in [0.15, 0.2) is 5.11 Å². The van der Waals surface area contributed by atoms with E-state index in [0.717, 1.165) is 51.3 Å². The van der Waals surface area contributed by atoms with Crippen LogP contribution in [0.15, 0.2) is 59.1 Å². The van der Waals surface area contributed by atoms with Crippen molar-refractivity contribution < 1.29 is 4.42 Å². The van der Waals surface area contributed by atoms with E-state index in [4.69, 9.17) is 28.2 Å². The van der Waals surface area contributed by atoms with Gasteiger partial charge in [0.2, 0.25) is 0 Å². The van der Waals surface area contributed by atoms with Crippen LogP contribution in [0.25, 0.3) is 11.3 Å². The lowest BCUT2D eigenvalue weighted by atomic mass is 10.0. The number of halogens is 1. The van der Waals surface area contributed by atoms with Crippen molar-refractivity contribution in [2.45, 2.75) is 50.7 Å². The van der Waals surface area contributed by atoms with Crippen molar-refractivity contribution in [1.82, 2.24) is 15.2 Å². The van der Waals surface area contributed by atoms with Crippen molar-refractivity contribution in [3.8, 4) is 11.3 Å². The van der Waals surface area contributed by atoms with Gasteiger partial charge in [-0.25, -0.2) is 0 Å². The molecule has 1 saturated carbocycles. The van der Waals surface area contributed by atoms with Crippen LogP contribution in [0.2, 0.25) is 5.02 Å². The number of benzene rings is 1. The third-order valence-electron chi connectivity index (χ3n) is 6.30. The minimum absolute atomic E-state index is 0.0243. The maximum Gasteiger partial charge on any atom is 0.170 e. The summed E-state index contributed by atoms with van der Waals surface area (Å²) in [4.78, 5) is 6.97. The Morgan fingerprint density at radius 2 is 1.93 bits per heavy atom. The molecule has 5 rings (SSSR count). The lowest BCUT2D eigenvalue weighted by Gasteiger charge is -2.31. The Bertz CT molecular complexity index is 1060. The summed E-state index contributed by atoms with van der Waals surface area (Å²) < 4.78 is 6.45. The molecule has 3 aromatic rings. The minimum atomic E-state index is -0.0428. The van der Waals surface area contributed by atoms with E-state index in [1.165, 1.54) is 12.8 Å². The first-order valence-electron chi connectivity index (χ1n) is 10.5. The van der Waals surface area contributed by atoms with Crippen LogP contribution in [0.1, 0.15) is 54.8 Å². The molecule has 6 heteroatoms. The van der Waals surface area contributed by atoms with Gasteiger partial charge in [-0.2, -0.15) is 0 Å². The molecule has 3 heterocycles. The molecular weight excluding hydrogens is 414 g/mol. The molecule has 2 aliphatic rings. The molecule has 0 spiro atoms. The van der Waals surface area contributed by atoms with Crippen LogP contribution in [-0.4, -0.2) is 21.0 Å². The number of hydrogen-bond acceptors (Lipinski definition) is 3. The monoisotopic (exact) mass is 437 g/mol. The number of furan rings is 1. The third-order valence-corrected chi connectivity index (χ3v) is 7.04. The fourth-order valence-electron chi connectivity index (χ4n) is 4.78. The Morgan fingerprint density at radius 1 is 1.10 bits per heavy atom. The summed E-state index contributed by atoms with van der Waals surface area (Å²) in [6, 6.07) is 16.4. The highest BCUT2D eigenvalue weighted by molar-refractivity contribution is 7.80. The van der Waals surface area contributed by atoms with Crippen molar-refractivity contribution in [1.29, 1.82) is 0 Å². The number of hydrogen-bond donors (Lipinski definition) is 1. The van der Waals surface area contributed by atoms with Gasteiger partial charge < -0.3 is 14.6 Å². The summed E-state index contributed by atoms with van der Waals surface area (Å²) in [6.07, 6.45) is 6.65. The second kappa shape index (κ2) is 8.05. The van der Waals surface area contributed by atoms with Gasteiger partial charge in [0.1, 0.15) is 17.6 Å². The average molecular weight is 438 g/mol. The maximum atomic E-state index is 6.45. The zero-order valence-corrected chi connectivity index (χ0v) is 18.4. The summed E-state index contributed by atoms with van der Waals surface area (Å²) in [5.74, 6) is 1.73. The predicted octanol–water partition coefficient (Wildman–Crippen LogP) is 6.22. The molecule has 1 aromatic carbocycles. The van der Waals surface area contributed by atoms with E-state index in [1.807, 2.05) is 49.5 Å². The molecule has 1 saturated heterocycles. The molecule has 2 aromatic heterocycles. The number of nitrogens with one attached hydrogen (secondary N) is 1. The Labute approximate surface area is 187 Å². The van der Waals surface area contributed by atoms with Crippen LogP contribution in [0.4, 0.5) is 0 Å². The molecule has 1 aliphatic heterocycles. The first-order valence-corrected chi connectivity index (χ1v) is 11.3. The number of rotatable bonds is 4. The van der Waals surface area contributed by atoms with Gasteiger partial charge in [-0.05, 0) is 67.9 Å². The fraction of sp³-hybridized carbons (Fsp3) is 0.333. The molecule has 0 unspecified atom stereocenters. The van der Waals surface area contributed by atoms with Gasteiger partial charge in [0.25, 0.3) is 0 Å². The van der Waals surface area contributed by atoms with E-state index in [1.54, 1.807) is 0 Å². The van der Waals surface area contributed by atoms with Crippen molar-refractivity contribution in [3.63, 3.8) is 0 Å². The van der Waals surface area contributed by atoms with E-state index < -0.39 is 0 Å². The highest BCUT2D eigenvalue weighted by atomic mass is 35.5. The number of thiocarbonyl (C=S) groups is 1. The second-order valence-corrected chi connectivity index (χ2v) is 8.88. The maximum absolute atomic E-state index is 6.45. The molecule has 1 N–H and O–H groups in total. The van der Waals surface area contributed by atoms with Crippen LogP contribution in [0.5, 0.6) is 0 Å². The lowest BCUT2D eigenvalue weighted by Crippen LogP contribution is -2.37. The fourth-order valence-corrected chi connectivity index (χ4v) is 5.34. The smallest absolute Gasteiger partial charge is 0.170 e. The first-order chi connectivity index (χ1) is 14.6. The van der Waals surface area contributed by atoms with Crippen LogP contribution in [0.3, 0.4) is 0 Å². The van der Waals surface area contributed by atoms with Gasteiger partial charge >= 0.3 is 0 Å². The van der Waals surface area contributed by atoms with Gasteiger partial charge in [-0.3, -0.25) is 4.98 Å². The van der Waals surface area contributed by atoms with E-state index in [0.29, 0.717) is 6.04 Å². The molecule has 2 atom stereocenters. The van der Waals surface area contributed by atoms with Crippen LogP contribution >= 0.6 is 23.8 Å². The summed E-state index contributed by atoms with van der Waals surface area (Å²) >= 11 is 12.1. The second-order valence-electron chi connectivity index (χ2n) is 8.09. The normalized spacial score (nSPS) is 21.9. The SMILES string of the molecule is Cc1c(Cl)cccc1-c1ccc([C@@H]2[C@H](c3ccccn3)NC(=S)N2C2CCCC2)o1. The van der Waals surface area contributed by atoms with E-state index in [2.05, 4.69) is 27.3 Å². The number of pyridine rings is 1. The Hall–Kier alpha value is -2.37. The summed E-state index contributed by atoms with van der Waals surface area (Å²) in [5, 5.41) is 5.06. The molecule has 154 valence electrons. The molecule has 0 bridgehead atoms. The first kappa shape index (κ1) is 19.6. The zero-order chi connectivity index (χ0) is 20.7. The third kappa shape index (κ3) is 3.40. The topological polar surface area (TPSA) is 41.3 Å². The van der Waals surface area contributed by atoms with Crippen LogP contribution in [-0.2, 0) is 0 Å². The van der Waals surface area contributed by atoms with Crippen molar-refractivity contribution >= 4 is 28.9 Å². The Morgan fingerprint density at radius 3 is 2.70 bits per heavy atom. The van der Waals surface area contributed by atoms with Gasteiger partial charge in [-0.15, -0.1) is 0 Å². The molecule has 2 fully saturated rings. The molecule has 0 radical (unpaired) electrons. The van der Waals surface area contributed by atoms with Crippen LogP contribution in [0, 0.1) is 6.92 Å². The summed E-state index contributed by atoms with van der Waals surface area (Å²) in [7, 11) is 0. The van der Waals surface area contributed by atoms with Crippen molar-refractivity contribution in [3.05, 3.63) is 76.8 Å². The quantitative estimate of drug-likeness (QED) is 0.491. The average Bonchev–Trinajstić information content (AvgIpc) is 3.50. The Balaban J connectivity index is 1.57. The molecular formula is C24H24ClN3OS. The lowest BCUT2D eigenvalue weighted by molar-refractivity contribution is 0.218. The van der Waals surface area contributed by atoms with Gasteiger partial charge in [0, 0.05) is 22.8 Å². The Kier molecular flexibility index (Phi) is 5.25. The van der Waals surface area contributed by atoms with Crippen LogP contribution < -0.4 is 5.32 Å². The highest BCUT2D eigenvalue weighted by Gasteiger charge is 2.45. The van der Waals surface area contributed by atoms with E-state index in [-0.39, 0.29) is 12.1 Å². The summed E-state index contributed by atoms with van der Waals surface area (Å²) in [6.45, 7) is 2.02. The summed E-state index contributed by atoms with van der Waals surface area (Å²) in [5.41, 5.74) is 3.01. The highest BCUT2D eigenvalue weighted by Crippen LogP contribution is 2.44. The van der Waals surface area contributed by atoms with Crippen molar-refractivity contribution in [2.24, 2.45) is 0 Å². The molecule has 0 amide bonds. The predicted molar refractivity (Wildman–Crippen MR) is 123 cm³/mol. The van der Waals surface area contributed by atoms with Crippen molar-refractivity contribution in [2.75, 3.05) is 0 Å². The standard InChI is InChI=1S/C24H24ClN3OS/c1-15-17(9-6-10-18(15)25)20-12-13-21(29-20)23-22(19-11-4-5-14-26-19)27-24(30)28(23)16-7-2-3-8-16/h4-6,9-14,16,22-23H,2-3,7-8H2,1H3,(H,27,30)/t22-,23+/m0/s1. The number of aromatic nitrogens is 1.